The first-order chi connectivity index (χ1) is 12.0. The summed E-state index contributed by atoms with van der Waals surface area (Å²) in [5, 5.41) is 10.9. The maximum absolute atomic E-state index is 12.3. The van der Waals surface area contributed by atoms with Gasteiger partial charge in [0.1, 0.15) is 11.8 Å². The van der Waals surface area contributed by atoms with Crippen LogP contribution >= 0.6 is 15.9 Å². The maximum Gasteiger partial charge on any atom is 0.413 e. The van der Waals surface area contributed by atoms with Gasteiger partial charge in [-0.1, -0.05) is 57.5 Å². The van der Waals surface area contributed by atoms with E-state index in [0.717, 1.165) is 15.7 Å². The lowest BCUT2D eigenvalue weighted by molar-refractivity contribution is 0.121. The number of nitrogens with zero attached hydrogens (tertiary/aromatic N) is 3. The molecule has 0 bridgehead atoms. The monoisotopic (exact) mass is 400 g/mol. The molecule has 0 spiro atoms. The van der Waals surface area contributed by atoms with Crippen LogP contribution in [0.1, 0.15) is 24.3 Å². The van der Waals surface area contributed by atoms with E-state index in [0.29, 0.717) is 11.5 Å². The first kappa shape index (κ1) is 17.2. The van der Waals surface area contributed by atoms with Crippen LogP contribution in [0.5, 0.6) is 0 Å². The van der Waals surface area contributed by atoms with Crippen molar-refractivity contribution in [2.24, 2.45) is 0 Å². The predicted octanol–water partition coefficient (Wildman–Crippen LogP) is 4.65. The average Bonchev–Trinajstić information content (AvgIpc) is 2.96. The second-order valence-electron chi connectivity index (χ2n) is 5.50. The van der Waals surface area contributed by atoms with Gasteiger partial charge in [0.25, 0.3) is 0 Å². The summed E-state index contributed by atoms with van der Waals surface area (Å²) in [7, 11) is 0. The number of benzene rings is 2. The third kappa shape index (κ3) is 4.06. The number of aryl methyl sites for hydroxylation is 1. The Balaban J connectivity index is 1.77. The van der Waals surface area contributed by atoms with Crippen LogP contribution in [0.2, 0.25) is 0 Å². The minimum Gasteiger partial charge on any atom is -0.441 e. The smallest absolute Gasteiger partial charge is 0.413 e. The van der Waals surface area contributed by atoms with Crippen LogP contribution in [0.4, 0.5) is 10.6 Å². The third-order valence-corrected chi connectivity index (χ3v) is 4.16. The van der Waals surface area contributed by atoms with E-state index in [2.05, 4.69) is 31.6 Å². The highest BCUT2D eigenvalue weighted by atomic mass is 79.9. The van der Waals surface area contributed by atoms with Crippen molar-refractivity contribution >= 4 is 27.8 Å². The maximum atomic E-state index is 12.3. The standard InChI is InChI=1S/C18H17BrN4O2/c1-12-17(23(22-21-12)16-10-6-9-15(19)11-16)20-18(24)25-13(2)14-7-4-3-5-8-14/h3-11,13H,1-2H3,(H,20,24)/t13-/m1/s1. The fourth-order valence-electron chi connectivity index (χ4n) is 2.37. The summed E-state index contributed by atoms with van der Waals surface area (Å²) in [5.74, 6) is 0.475. The highest BCUT2D eigenvalue weighted by Gasteiger charge is 2.17. The molecule has 0 saturated carbocycles. The molecule has 6 nitrogen and oxygen atoms in total. The van der Waals surface area contributed by atoms with Crippen LogP contribution in [0.3, 0.4) is 0 Å². The molecule has 1 amide bonds. The van der Waals surface area contributed by atoms with Gasteiger partial charge in [0, 0.05) is 4.47 Å². The summed E-state index contributed by atoms with van der Waals surface area (Å²) in [6.45, 7) is 3.60. The first-order valence-electron chi connectivity index (χ1n) is 7.75. The Labute approximate surface area is 153 Å². The van der Waals surface area contributed by atoms with Crippen LogP contribution in [-0.4, -0.2) is 21.1 Å². The van der Waals surface area contributed by atoms with E-state index < -0.39 is 6.09 Å². The van der Waals surface area contributed by atoms with Crippen LogP contribution < -0.4 is 5.32 Å². The Morgan fingerprint density at radius 3 is 2.68 bits per heavy atom. The molecule has 0 saturated heterocycles. The van der Waals surface area contributed by atoms with E-state index in [1.165, 1.54) is 0 Å². The van der Waals surface area contributed by atoms with Gasteiger partial charge < -0.3 is 4.74 Å². The zero-order valence-electron chi connectivity index (χ0n) is 13.8. The Bertz CT molecular complexity index is 880. The molecule has 0 unspecified atom stereocenters. The number of ether oxygens (including phenoxy) is 1. The number of rotatable bonds is 4. The number of carbonyl (C=O) groups is 1. The molecule has 3 rings (SSSR count). The zero-order chi connectivity index (χ0) is 17.8. The largest absolute Gasteiger partial charge is 0.441 e. The second-order valence-corrected chi connectivity index (χ2v) is 6.41. The molecule has 0 radical (unpaired) electrons. The molecule has 0 aliphatic carbocycles. The fourth-order valence-corrected chi connectivity index (χ4v) is 2.76. The van der Waals surface area contributed by atoms with E-state index in [9.17, 15) is 4.79 Å². The van der Waals surface area contributed by atoms with Crippen molar-refractivity contribution in [2.75, 3.05) is 5.32 Å². The summed E-state index contributed by atoms with van der Waals surface area (Å²) in [5.41, 5.74) is 2.30. The van der Waals surface area contributed by atoms with Crippen LogP contribution in [0.25, 0.3) is 5.69 Å². The minimum atomic E-state index is -0.557. The molecule has 1 aromatic heterocycles. The third-order valence-electron chi connectivity index (χ3n) is 3.66. The van der Waals surface area contributed by atoms with Crippen molar-refractivity contribution in [3.8, 4) is 5.69 Å². The van der Waals surface area contributed by atoms with E-state index in [1.54, 1.807) is 11.6 Å². The second kappa shape index (κ2) is 7.48. The van der Waals surface area contributed by atoms with E-state index in [1.807, 2.05) is 61.5 Å². The number of amides is 1. The summed E-state index contributed by atoms with van der Waals surface area (Å²) < 4.78 is 7.92. The molecule has 0 aliphatic rings. The summed E-state index contributed by atoms with van der Waals surface area (Å²) in [6, 6.07) is 17.1. The summed E-state index contributed by atoms with van der Waals surface area (Å²) >= 11 is 3.43. The van der Waals surface area contributed by atoms with Crippen molar-refractivity contribution in [1.29, 1.82) is 0 Å². The number of aromatic nitrogens is 3. The van der Waals surface area contributed by atoms with Crippen molar-refractivity contribution < 1.29 is 9.53 Å². The quantitative estimate of drug-likeness (QED) is 0.691. The number of hydrogen-bond donors (Lipinski definition) is 1. The average molecular weight is 401 g/mol. The van der Waals surface area contributed by atoms with Gasteiger partial charge in [0.05, 0.1) is 5.69 Å². The molecule has 7 heteroatoms. The molecule has 25 heavy (non-hydrogen) atoms. The fraction of sp³-hybridized carbons (Fsp3) is 0.167. The van der Waals surface area contributed by atoms with E-state index >= 15 is 0 Å². The molecule has 1 atom stereocenters. The van der Waals surface area contributed by atoms with Gasteiger partial charge in [-0.2, -0.15) is 4.68 Å². The van der Waals surface area contributed by atoms with Gasteiger partial charge >= 0.3 is 6.09 Å². The summed E-state index contributed by atoms with van der Waals surface area (Å²) in [4.78, 5) is 12.3. The topological polar surface area (TPSA) is 69.0 Å². The lowest BCUT2D eigenvalue weighted by Crippen LogP contribution is -2.18. The Morgan fingerprint density at radius 1 is 1.20 bits per heavy atom. The molecule has 0 fully saturated rings. The van der Waals surface area contributed by atoms with Crippen molar-refractivity contribution in [2.45, 2.75) is 20.0 Å². The SMILES string of the molecule is Cc1nnn(-c2cccc(Br)c2)c1NC(=O)O[C@H](C)c1ccccc1. The van der Waals surface area contributed by atoms with Crippen LogP contribution in [-0.2, 0) is 4.74 Å². The lowest BCUT2D eigenvalue weighted by Gasteiger charge is -2.15. The number of hydrogen-bond acceptors (Lipinski definition) is 4. The zero-order valence-corrected chi connectivity index (χ0v) is 15.4. The minimum absolute atomic E-state index is 0.364. The molecular weight excluding hydrogens is 384 g/mol. The Kier molecular flexibility index (Phi) is 5.14. The first-order valence-corrected chi connectivity index (χ1v) is 8.54. The molecule has 0 aliphatic heterocycles. The number of carbonyl (C=O) groups excluding carboxylic acids is 1. The van der Waals surface area contributed by atoms with Crippen molar-refractivity contribution in [3.05, 3.63) is 70.3 Å². The molecule has 1 N–H and O–H groups in total. The predicted molar refractivity (Wildman–Crippen MR) is 98.8 cm³/mol. The van der Waals surface area contributed by atoms with Gasteiger partial charge in [0.15, 0.2) is 5.82 Å². The Morgan fingerprint density at radius 2 is 1.96 bits per heavy atom. The van der Waals surface area contributed by atoms with Crippen LogP contribution in [0.15, 0.2) is 59.1 Å². The van der Waals surface area contributed by atoms with E-state index in [-0.39, 0.29) is 6.10 Å². The normalized spacial score (nSPS) is 11.8. The Hall–Kier alpha value is -2.67. The van der Waals surface area contributed by atoms with Crippen LogP contribution in [0, 0.1) is 6.92 Å². The van der Waals surface area contributed by atoms with Gasteiger partial charge in [-0.3, -0.25) is 5.32 Å². The number of halogens is 1. The van der Waals surface area contributed by atoms with Gasteiger partial charge in [-0.05, 0) is 37.6 Å². The highest BCUT2D eigenvalue weighted by molar-refractivity contribution is 9.10. The van der Waals surface area contributed by atoms with Crippen molar-refractivity contribution in [1.82, 2.24) is 15.0 Å². The molecular formula is C18H17BrN4O2. The lowest BCUT2D eigenvalue weighted by atomic mass is 10.1. The number of anilines is 1. The molecule has 1 heterocycles. The summed E-state index contributed by atoms with van der Waals surface area (Å²) in [6.07, 6.45) is -0.922. The molecule has 3 aromatic rings. The van der Waals surface area contributed by atoms with Gasteiger partial charge in [0.2, 0.25) is 0 Å². The van der Waals surface area contributed by atoms with E-state index in [4.69, 9.17) is 4.74 Å². The molecule has 2 aromatic carbocycles. The number of nitrogens with one attached hydrogen (secondary N) is 1. The van der Waals surface area contributed by atoms with Gasteiger partial charge in [-0.25, -0.2) is 4.79 Å². The van der Waals surface area contributed by atoms with Gasteiger partial charge in [-0.15, -0.1) is 5.10 Å². The molecule has 128 valence electrons. The van der Waals surface area contributed by atoms with Crippen molar-refractivity contribution in [3.63, 3.8) is 0 Å². The highest BCUT2D eigenvalue weighted by Crippen LogP contribution is 2.22.